The number of aromatic nitrogens is 1. The number of halogens is 2. The van der Waals surface area contributed by atoms with Crippen LogP contribution in [0.1, 0.15) is 24.2 Å². The Kier molecular flexibility index (Phi) is 9.52. The molecule has 0 aliphatic carbocycles. The number of benzene rings is 3. The van der Waals surface area contributed by atoms with Crippen LogP contribution in [0.25, 0.3) is 21.3 Å². The lowest BCUT2D eigenvalue weighted by Crippen LogP contribution is -2.38. The molecule has 0 unspecified atom stereocenters. The molecular weight excluding hydrogens is 501 g/mol. The average molecular weight is 531 g/mol. The fourth-order valence-corrected chi connectivity index (χ4v) is 5.16. The van der Waals surface area contributed by atoms with Crippen molar-refractivity contribution >= 4 is 56.6 Å². The molecular formula is C27H29Cl2N3O2S. The first-order valence-electron chi connectivity index (χ1n) is 11.4. The molecule has 4 rings (SSSR count). The van der Waals surface area contributed by atoms with Gasteiger partial charge in [0, 0.05) is 18.7 Å². The second-order valence-electron chi connectivity index (χ2n) is 7.85. The average Bonchev–Trinajstić information content (AvgIpc) is 3.33. The number of amides is 1. The number of rotatable bonds is 9. The van der Waals surface area contributed by atoms with E-state index in [4.69, 9.17) is 21.3 Å². The summed E-state index contributed by atoms with van der Waals surface area (Å²) >= 11 is 7.87. The molecule has 0 bridgehead atoms. The largest absolute Gasteiger partial charge is 0.494 e. The van der Waals surface area contributed by atoms with Crippen LogP contribution in [0.3, 0.4) is 0 Å². The highest BCUT2D eigenvalue weighted by Crippen LogP contribution is 2.39. The molecule has 0 aliphatic rings. The Hall–Kier alpha value is -2.64. The SMILES string of the molecule is CCN(CC)CCN(C(=O)c1ccc(-c2ccccc2)cc1)c1nc2c(OC)ccc(Cl)c2s1.Cl. The Bertz CT molecular complexity index is 1260. The van der Waals surface area contributed by atoms with Gasteiger partial charge in [0.25, 0.3) is 5.91 Å². The summed E-state index contributed by atoms with van der Waals surface area (Å²) in [6.45, 7) is 7.37. The number of ether oxygens (including phenoxy) is 1. The minimum atomic E-state index is -0.0825. The maximum absolute atomic E-state index is 13.7. The van der Waals surface area contributed by atoms with E-state index in [-0.39, 0.29) is 18.3 Å². The molecule has 8 heteroatoms. The molecule has 3 aromatic carbocycles. The predicted molar refractivity (Wildman–Crippen MR) is 150 cm³/mol. The van der Waals surface area contributed by atoms with E-state index in [0.717, 1.165) is 35.5 Å². The van der Waals surface area contributed by atoms with Crippen molar-refractivity contribution in [3.05, 3.63) is 77.3 Å². The summed E-state index contributed by atoms with van der Waals surface area (Å²) in [5.41, 5.74) is 3.49. The van der Waals surface area contributed by atoms with Crippen molar-refractivity contribution in [2.45, 2.75) is 13.8 Å². The molecule has 0 fully saturated rings. The number of hydrogen-bond acceptors (Lipinski definition) is 5. The van der Waals surface area contributed by atoms with Gasteiger partial charge in [0.1, 0.15) is 11.3 Å². The molecule has 1 aromatic heterocycles. The van der Waals surface area contributed by atoms with Gasteiger partial charge < -0.3 is 9.64 Å². The molecule has 5 nitrogen and oxygen atoms in total. The fraction of sp³-hybridized carbons (Fsp3) is 0.259. The lowest BCUT2D eigenvalue weighted by atomic mass is 10.0. The first-order valence-corrected chi connectivity index (χ1v) is 12.6. The maximum atomic E-state index is 13.7. The molecule has 35 heavy (non-hydrogen) atoms. The lowest BCUT2D eigenvalue weighted by molar-refractivity contribution is 0.0984. The summed E-state index contributed by atoms with van der Waals surface area (Å²) in [5, 5.41) is 1.22. The number of thiazole rings is 1. The maximum Gasteiger partial charge on any atom is 0.260 e. The number of methoxy groups -OCH3 is 1. The first-order chi connectivity index (χ1) is 16.5. The quantitative estimate of drug-likeness (QED) is 0.233. The zero-order chi connectivity index (χ0) is 24.1. The molecule has 0 saturated heterocycles. The van der Waals surface area contributed by atoms with Crippen LogP contribution in [-0.2, 0) is 0 Å². The molecule has 0 saturated carbocycles. The molecule has 1 heterocycles. The minimum absolute atomic E-state index is 0. The van der Waals surface area contributed by atoms with Crippen molar-refractivity contribution in [2.75, 3.05) is 38.2 Å². The van der Waals surface area contributed by atoms with Crippen LogP contribution in [0, 0.1) is 0 Å². The Morgan fingerprint density at radius 2 is 1.60 bits per heavy atom. The van der Waals surface area contributed by atoms with E-state index in [1.54, 1.807) is 24.1 Å². The third-order valence-corrected chi connectivity index (χ3v) is 7.46. The summed E-state index contributed by atoms with van der Waals surface area (Å²) in [6.07, 6.45) is 0. The van der Waals surface area contributed by atoms with Gasteiger partial charge in [0.15, 0.2) is 5.13 Å². The van der Waals surface area contributed by atoms with Gasteiger partial charge in [0.05, 0.1) is 16.8 Å². The van der Waals surface area contributed by atoms with Crippen LogP contribution in [0.2, 0.25) is 5.02 Å². The Morgan fingerprint density at radius 3 is 2.23 bits per heavy atom. The van der Waals surface area contributed by atoms with Gasteiger partial charge in [-0.1, -0.05) is 79.2 Å². The lowest BCUT2D eigenvalue weighted by Gasteiger charge is -2.24. The van der Waals surface area contributed by atoms with E-state index >= 15 is 0 Å². The van der Waals surface area contributed by atoms with Gasteiger partial charge in [-0.2, -0.15) is 0 Å². The van der Waals surface area contributed by atoms with Crippen molar-refractivity contribution < 1.29 is 9.53 Å². The summed E-state index contributed by atoms with van der Waals surface area (Å²) in [6, 6.07) is 21.5. The number of hydrogen-bond donors (Lipinski definition) is 0. The van der Waals surface area contributed by atoms with E-state index in [2.05, 4.69) is 30.9 Å². The number of carbonyl (C=O) groups excluding carboxylic acids is 1. The monoisotopic (exact) mass is 529 g/mol. The first kappa shape index (κ1) is 27.0. The highest BCUT2D eigenvalue weighted by atomic mass is 35.5. The zero-order valence-electron chi connectivity index (χ0n) is 20.0. The van der Waals surface area contributed by atoms with Crippen LogP contribution in [0.5, 0.6) is 5.75 Å². The second-order valence-corrected chi connectivity index (χ2v) is 9.24. The molecule has 0 atom stereocenters. The number of nitrogens with zero attached hydrogens (tertiary/aromatic N) is 3. The van der Waals surface area contributed by atoms with Crippen molar-refractivity contribution in [1.29, 1.82) is 0 Å². The second kappa shape index (κ2) is 12.4. The molecule has 0 radical (unpaired) electrons. The number of likely N-dealkylation sites (N-methyl/N-ethyl adjacent to an activating group) is 1. The van der Waals surface area contributed by atoms with E-state index in [1.807, 2.05) is 42.5 Å². The number of anilines is 1. The van der Waals surface area contributed by atoms with Gasteiger partial charge in [-0.15, -0.1) is 12.4 Å². The third-order valence-electron chi connectivity index (χ3n) is 5.92. The van der Waals surface area contributed by atoms with Crippen LogP contribution in [0.4, 0.5) is 5.13 Å². The van der Waals surface area contributed by atoms with E-state index in [9.17, 15) is 4.79 Å². The summed E-state index contributed by atoms with van der Waals surface area (Å²) in [5.74, 6) is 0.561. The number of carbonyl (C=O) groups is 1. The van der Waals surface area contributed by atoms with Gasteiger partial charge in [-0.05, 0) is 48.5 Å². The zero-order valence-corrected chi connectivity index (χ0v) is 22.4. The summed E-state index contributed by atoms with van der Waals surface area (Å²) in [7, 11) is 1.61. The van der Waals surface area contributed by atoms with Crippen molar-refractivity contribution in [3.8, 4) is 16.9 Å². The predicted octanol–water partition coefficient (Wildman–Crippen LogP) is 7.04. The van der Waals surface area contributed by atoms with E-state index in [1.165, 1.54) is 11.3 Å². The molecule has 184 valence electrons. The smallest absolute Gasteiger partial charge is 0.260 e. The molecule has 0 aliphatic heterocycles. The Balaban J connectivity index is 0.00000342. The number of fused-ring (bicyclic) bond motifs is 1. The Morgan fingerprint density at radius 1 is 0.943 bits per heavy atom. The van der Waals surface area contributed by atoms with Crippen molar-refractivity contribution in [3.63, 3.8) is 0 Å². The van der Waals surface area contributed by atoms with Gasteiger partial charge in [-0.3, -0.25) is 9.69 Å². The molecule has 0 N–H and O–H groups in total. The van der Waals surface area contributed by atoms with Crippen molar-refractivity contribution in [2.24, 2.45) is 0 Å². The van der Waals surface area contributed by atoms with Crippen molar-refractivity contribution in [1.82, 2.24) is 9.88 Å². The van der Waals surface area contributed by atoms with Gasteiger partial charge >= 0.3 is 0 Å². The van der Waals surface area contributed by atoms with E-state index < -0.39 is 0 Å². The normalized spacial score (nSPS) is 10.9. The van der Waals surface area contributed by atoms with Crippen LogP contribution in [0.15, 0.2) is 66.7 Å². The third kappa shape index (κ3) is 5.96. The highest BCUT2D eigenvalue weighted by molar-refractivity contribution is 7.23. The van der Waals surface area contributed by atoms with E-state index in [0.29, 0.717) is 33.5 Å². The standard InChI is InChI=1S/C27H28ClN3O2S.ClH/c1-4-30(5-2)17-18-31(27-29-24-23(33-3)16-15-22(28)25(24)34-27)26(32)21-13-11-20(12-14-21)19-9-7-6-8-10-19;/h6-16H,4-5,17-18H2,1-3H3;1H. The van der Waals surface area contributed by atoms with Crippen LogP contribution < -0.4 is 9.64 Å². The summed E-state index contributed by atoms with van der Waals surface area (Å²) < 4.78 is 6.30. The van der Waals surface area contributed by atoms with Gasteiger partial charge in [-0.25, -0.2) is 4.98 Å². The van der Waals surface area contributed by atoms with Gasteiger partial charge in [0.2, 0.25) is 0 Å². The van der Waals surface area contributed by atoms with Crippen LogP contribution in [-0.4, -0.2) is 49.1 Å². The molecule has 1 amide bonds. The van der Waals surface area contributed by atoms with Crippen LogP contribution >= 0.6 is 35.3 Å². The summed E-state index contributed by atoms with van der Waals surface area (Å²) in [4.78, 5) is 22.5. The topological polar surface area (TPSA) is 45.7 Å². The highest BCUT2D eigenvalue weighted by Gasteiger charge is 2.23. The molecule has 4 aromatic rings. The fourth-order valence-electron chi connectivity index (χ4n) is 3.88. The molecule has 0 spiro atoms. The minimum Gasteiger partial charge on any atom is -0.494 e. The Labute approximate surface area is 221 Å².